The Morgan fingerprint density at radius 3 is 2.52 bits per heavy atom. The van der Waals surface area contributed by atoms with Crippen molar-refractivity contribution in [1.29, 1.82) is 0 Å². The molecule has 0 radical (unpaired) electrons. The summed E-state index contributed by atoms with van der Waals surface area (Å²) in [6.07, 6.45) is 1.05. The molecular weight excluding hydrogens is 314 g/mol. The van der Waals surface area contributed by atoms with Gasteiger partial charge in [0.2, 0.25) is 0 Å². The maximum atomic E-state index is 11.7. The molecule has 0 aliphatic heterocycles. The Bertz CT molecular complexity index is 623. The molecule has 122 valence electrons. The summed E-state index contributed by atoms with van der Waals surface area (Å²) in [6, 6.07) is 10.4. The van der Waals surface area contributed by atoms with Crippen LogP contribution in [0.15, 0.2) is 41.8 Å². The highest BCUT2D eigenvalue weighted by Gasteiger charge is 2.09. The van der Waals surface area contributed by atoms with E-state index in [0.29, 0.717) is 17.2 Å². The molecule has 0 fully saturated rings. The fourth-order valence-corrected chi connectivity index (χ4v) is 2.42. The van der Waals surface area contributed by atoms with Gasteiger partial charge in [0, 0.05) is 6.54 Å². The first-order valence-corrected chi connectivity index (χ1v) is 8.32. The Morgan fingerprint density at radius 2 is 1.87 bits per heavy atom. The summed E-state index contributed by atoms with van der Waals surface area (Å²) in [4.78, 5) is 24.1. The van der Waals surface area contributed by atoms with Gasteiger partial charge in [-0.3, -0.25) is 9.59 Å². The largest absolute Gasteiger partial charge is 0.494 e. The Balaban J connectivity index is 1.71. The number of thiophene rings is 1. The lowest BCUT2D eigenvalue weighted by molar-refractivity contribution is -0.134. The third-order valence-electron chi connectivity index (χ3n) is 2.89. The van der Waals surface area contributed by atoms with E-state index in [1.165, 1.54) is 11.3 Å². The van der Waals surface area contributed by atoms with Gasteiger partial charge in [-0.15, -0.1) is 11.3 Å². The molecule has 2 aromatic rings. The molecule has 0 unspecified atom stereocenters. The SMILES string of the molecule is CCCOc1ccc(OC(=O)CCNC(=O)c2cccs2)cc1. The number of nitrogens with one attached hydrogen (secondary N) is 1. The molecule has 0 bridgehead atoms. The van der Waals surface area contributed by atoms with Crippen molar-refractivity contribution in [3.8, 4) is 11.5 Å². The zero-order valence-electron chi connectivity index (χ0n) is 12.9. The van der Waals surface area contributed by atoms with Gasteiger partial charge in [0.1, 0.15) is 11.5 Å². The fourth-order valence-electron chi connectivity index (χ4n) is 1.78. The van der Waals surface area contributed by atoms with E-state index in [2.05, 4.69) is 5.32 Å². The van der Waals surface area contributed by atoms with Crippen LogP contribution in [0.3, 0.4) is 0 Å². The highest BCUT2D eigenvalue weighted by atomic mass is 32.1. The Kier molecular flexibility index (Phi) is 6.62. The van der Waals surface area contributed by atoms with E-state index in [1.54, 1.807) is 30.3 Å². The lowest BCUT2D eigenvalue weighted by Crippen LogP contribution is -2.26. The average molecular weight is 333 g/mol. The number of benzene rings is 1. The molecule has 0 saturated heterocycles. The number of hydrogen-bond donors (Lipinski definition) is 1. The lowest BCUT2D eigenvalue weighted by Gasteiger charge is -2.07. The number of carbonyl (C=O) groups is 2. The van der Waals surface area contributed by atoms with Gasteiger partial charge in [0.25, 0.3) is 5.91 Å². The summed E-state index contributed by atoms with van der Waals surface area (Å²) in [5.74, 6) is 0.641. The molecule has 0 atom stereocenters. The minimum Gasteiger partial charge on any atom is -0.494 e. The Labute approximate surface area is 139 Å². The molecule has 23 heavy (non-hydrogen) atoms. The summed E-state index contributed by atoms with van der Waals surface area (Å²) >= 11 is 1.36. The van der Waals surface area contributed by atoms with Crippen molar-refractivity contribution in [1.82, 2.24) is 5.32 Å². The van der Waals surface area contributed by atoms with Crippen LogP contribution in [0.1, 0.15) is 29.4 Å². The minimum atomic E-state index is -0.390. The molecule has 1 amide bonds. The van der Waals surface area contributed by atoms with E-state index in [9.17, 15) is 9.59 Å². The van der Waals surface area contributed by atoms with Crippen LogP contribution in [-0.2, 0) is 4.79 Å². The summed E-state index contributed by atoms with van der Waals surface area (Å²) in [7, 11) is 0. The number of ether oxygens (including phenoxy) is 2. The molecule has 0 aliphatic carbocycles. The molecule has 6 heteroatoms. The van der Waals surface area contributed by atoms with Crippen LogP contribution >= 0.6 is 11.3 Å². The van der Waals surface area contributed by atoms with E-state index in [4.69, 9.17) is 9.47 Å². The van der Waals surface area contributed by atoms with E-state index in [0.717, 1.165) is 12.2 Å². The molecule has 0 spiro atoms. The molecule has 1 heterocycles. The molecule has 2 rings (SSSR count). The number of rotatable bonds is 8. The number of hydrogen-bond acceptors (Lipinski definition) is 5. The maximum Gasteiger partial charge on any atom is 0.312 e. The van der Waals surface area contributed by atoms with E-state index in [-0.39, 0.29) is 18.9 Å². The number of esters is 1. The van der Waals surface area contributed by atoms with Crippen molar-refractivity contribution < 1.29 is 19.1 Å². The predicted molar refractivity (Wildman–Crippen MR) is 89.1 cm³/mol. The van der Waals surface area contributed by atoms with Gasteiger partial charge in [0.15, 0.2) is 0 Å². The van der Waals surface area contributed by atoms with E-state index < -0.39 is 5.97 Å². The lowest BCUT2D eigenvalue weighted by atomic mass is 10.3. The normalized spacial score (nSPS) is 10.1. The van der Waals surface area contributed by atoms with Crippen molar-refractivity contribution in [2.75, 3.05) is 13.2 Å². The van der Waals surface area contributed by atoms with Crippen molar-refractivity contribution in [2.24, 2.45) is 0 Å². The summed E-state index contributed by atoms with van der Waals surface area (Å²) in [5.41, 5.74) is 0. The van der Waals surface area contributed by atoms with Crippen molar-refractivity contribution in [3.63, 3.8) is 0 Å². The van der Waals surface area contributed by atoms with Crippen molar-refractivity contribution in [3.05, 3.63) is 46.7 Å². The van der Waals surface area contributed by atoms with Crippen LogP contribution in [0.25, 0.3) is 0 Å². The van der Waals surface area contributed by atoms with Crippen LogP contribution in [0.4, 0.5) is 0 Å². The zero-order valence-corrected chi connectivity index (χ0v) is 13.7. The van der Waals surface area contributed by atoms with Gasteiger partial charge in [-0.2, -0.15) is 0 Å². The first-order valence-electron chi connectivity index (χ1n) is 7.44. The fraction of sp³-hybridized carbons (Fsp3) is 0.294. The van der Waals surface area contributed by atoms with Gasteiger partial charge >= 0.3 is 5.97 Å². The summed E-state index contributed by atoms with van der Waals surface area (Å²) < 4.78 is 10.7. The molecule has 1 aromatic carbocycles. The predicted octanol–water partition coefficient (Wildman–Crippen LogP) is 3.26. The maximum absolute atomic E-state index is 11.7. The van der Waals surface area contributed by atoms with E-state index >= 15 is 0 Å². The standard InChI is InChI=1S/C17H19NO4S/c1-2-11-21-13-5-7-14(8-6-13)22-16(19)9-10-18-17(20)15-4-3-12-23-15/h3-8,12H,2,9-11H2,1H3,(H,18,20). The van der Waals surface area contributed by atoms with Crippen LogP contribution in [0, 0.1) is 0 Å². The summed E-state index contributed by atoms with van der Waals surface area (Å²) in [5, 5.41) is 4.52. The topological polar surface area (TPSA) is 64.6 Å². The highest BCUT2D eigenvalue weighted by molar-refractivity contribution is 7.12. The first-order chi connectivity index (χ1) is 11.2. The first kappa shape index (κ1) is 17.0. The van der Waals surface area contributed by atoms with Crippen molar-refractivity contribution >= 4 is 23.2 Å². The van der Waals surface area contributed by atoms with Gasteiger partial charge in [-0.05, 0) is 42.1 Å². The van der Waals surface area contributed by atoms with Gasteiger partial charge < -0.3 is 14.8 Å². The molecule has 0 saturated carbocycles. The quantitative estimate of drug-likeness (QED) is 0.595. The van der Waals surface area contributed by atoms with E-state index in [1.807, 2.05) is 18.4 Å². The zero-order chi connectivity index (χ0) is 16.5. The molecule has 0 aliphatic rings. The van der Waals surface area contributed by atoms with Crippen LogP contribution in [0.5, 0.6) is 11.5 Å². The second-order valence-corrected chi connectivity index (χ2v) is 5.72. The minimum absolute atomic E-state index is 0.116. The summed E-state index contributed by atoms with van der Waals surface area (Å²) in [6.45, 7) is 2.93. The molecular formula is C17H19NO4S. The molecule has 1 aromatic heterocycles. The van der Waals surface area contributed by atoms with Crippen LogP contribution in [-0.4, -0.2) is 25.0 Å². The molecule has 5 nitrogen and oxygen atoms in total. The smallest absolute Gasteiger partial charge is 0.312 e. The van der Waals surface area contributed by atoms with Gasteiger partial charge in [0.05, 0.1) is 17.9 Å². The second kappa shape index (κ2) is 8.95. The Hall–Kier alpha value is -2.34. The van der Waals surface area contributed by atoms with Crippen molar-refractivity contribution in [2.45, 2.75) is 19.8 Å². The average Bonchev–Trinajstić information content (AvgIpc) is 3.08. The Morgan fingerprint density at radius 1 is 1.13 bits per heavy atom. The van der Waals surface area contributed by atoms with Crippen LogP contribution < -0.4 is 14.8 Å². The molecule has 1 N–H and O–H groups in total. The van der Waals surface area contributed by atoms with Crippen LogP contribution in [0.2, 0.25) is 0 Å². The highest BCUT2D eigenvalue weighted by Crippen LogP contribution is 2.18. The monoisotopic (exact) mass is 333 g/mol. The third-order valence-corrected chi connectivity index (χ3v) is 3.76. The van der Waals surface area contributed by atoms with Gasteiger partial charge in [-0.25, -0.2) is 0 Å². The third kappa shape index (κ3) is 5.75. The number of carbonyl (C=O) groups excluding carboxylic acids is 2. The second-order valence-electron chi connectivity index (χ2n) is 4.78. The number of amides is 1. The van der Waals surface area contributed by atoms with Gasteiger partial charge in [-0.1, -0.05) is 13.0 Å².